The topological polar surface area (TPSA) is 107 Å². The summed E-state index contributed by atoms with van der Waals surface area (Å²) in [5.74, 6) is -1.10. The predicted octanol–water partition coefficient (Wildman–Crippen LogP) is 3.81. The zero-order valence-electron chi connectivity index (χ0n) is 15.7. The fourth-order valence-corrected chi connectivity index (χ4v) is 2.18. The molecule has 28 heavy (non-hydrogen) atoms. The summed E-state index contributed by atoms with van der Waals surface area (Å²) in [4.78, 5) is 19.9. The van der Waals surface area contributed by atoms with Crippen molar-refractivity contribution in [3.8, 4) is 5.75 Å². The first kappa shape index (κ1) is 25.4. The highest BCUT2D eigenvalue weighted by molar-refractivity contribution is 5.89. The van der Waals surface area contributed by atoms with Gasteiger partial charge in [0, 0.05) is 0 Å². The van der Waals surface area contributed by atoms with Crippen LogP contribution >= 0.6 is 12.4 Å². The van der Waals surface area contributed by atoms with E-state index in [9.17, 15) is 14.0 Å². The zero-order chi connectivity index (χ0) is 20.4. The largest absolute Gasteiger partial charge is 0.508 e. The summed E-state index contributed by atoms with van der Waals surface area (Å²) in [7, 11) is 1.59. The van der Waals surface area contributed by atoms with Gasteiger partial charge in [0.2, 0.25) is 0 Å². The second kappa shape index (κ2) is 12.7. The maximum atomic E-state index is 12.4. The van der Waals surface area contributed by atoms with Crippen LogP contribution in [0, 0.1) is 12.7 Å². The molecular formula is C20H25ClFNO5. The van der Waals surface area contributed by atoms with E-state index in [1.165, 1.54) is 30.5 Å². The summed E-state index contributed by atoms with van der Waals surface area (Å²) in [6, 6.07) is 11.1. The Hall–Kier alpha value is -2.64. The number of likely N-dealkylation sites (N-methyl/N-ethyl adjacent to an activating group) is 1. The van der Waals surface area contributed by atoms with Gasteiger partial charge in [-0.2, -0.15) is 0 Å². The lowest BCUT2D eigenvalue weighted by Crippen LogP contribution is -2.16. The van der Waals surface area contributed by atoms with Crippen molar-refractivity contribution in [3.05, 3.63) is 65.0 Å². The van der Waals surface area contributed by atoms with Gasteiger partial charge in [-0.3, -0.25) is 4.79 Å². The molecule has 0 bridgehead atoms. The number of rotatable bonds is 4. The molecule has 3 rings (SSSR count). The minimum atomic E-state index is -1.03. The van der Waals surface area contributed by atoms with Crippen LogP contribution in [0.4, 0.5) is 4.39 Å². The fraction of sp³-hybridized carbons (Fsp3) is 0.300. The molecule has 8 heteroatoms. The molecule has 1 aliphatic carbocycles. The van der Waals surface area contributed by atoms with Crippen LogP contribution in [0.3, 0.4) is 0 Å². The molecule has 1 aliphatic rings. The monoisotopic (exact) mass is 413 g/mol. The van der Waals surface area contributed by atoms with E-state index >= 15 is 0 Å². The second-order valence-corrected chi connectivity index (χ2v) is 6.05. The molecule has 0 amide bonds. The second-order valence-electron chi connectivity index (χ2n) is 6.05. The number of nitrogens with one attached hydrogen (secondary N) is 1. The summed E-state index contributed by atoms with van der Waals surface area (Å²) < 4.78 is 12.4. The van der Waals surface area contributed by atoms with E-state index in [2.05, 4.69) is 5.32 Å². The van der Waals surface area contributed by atoms with Crippen LogP contribution in [0.2, 0.25) is 0 Å². The van der Waals surface area contributed by atoms with Crippen molar-refractivity contribution in [2.24, 2.45) is 0 Å². The summed E-state index contributed by atoms with van der Waals surface area (Å²) >= 11 is 0. The smallest absolute Gasteiger partial charge is 0.335 e. The van der Waals surface area contributed by atoms with Gasteiger partial charge in [0.25, 0.3) is 0 Å². The molecule has 6 nitrogen and oxygen atoms in total. The van der Waals surface area contributed by atoms with Crippen molar-refractivity contribution in [1.82, 2.24) is 5.32 Å². The molecule has 0 aliphatic heterocycles. The number of halogens is 2. The zero-order valence-corrected chi connectivity index (χ0v) is 16.5. The third-order valence-electron chi connectivity index (χ3n) is 3.69. The Morgan fingerprint density at radius 3 is 2.04 bits per heavy atom. The number of aromatic hydroxyl groups is 1. The van der Waals surface area contributed by atoms with E-state index in [1.807, 2.05) is 12.1 Å². The van der Waals surface area contributed by atoms with Crippen LogP contribution in [0.5, 0.6) is 5.75 Å². The maximum absolute atomic E-state index is 12.4. The normalized spacial score (nSPS) is 11.7. The van der Waals surface area contributed by atoms with Gasteiger partial charge in [-0.25, -0.2) is 9.18 Å². The number of hydrogen-bond donors (Lipinski definition) is 4. The number of aliphatic carboxylic acids is 1. The summed E-state index contributed by atoms with van der Waals surface area (Å²) in [6.07, 6.45) is 2.65. The van der Waals surface area contributed by atoms with E-state index in [-0.39, 0.29) is 24.5 Å². The number of carbonyl (C=O) groups is 2. The molecule has 1 saturated carbocycles. The number of benzene rings is 2. The summed E-state index contributed by atoms with van der Waals surface area (Å²) in [5, 5.41) is 27.8. The molecule has 0 unspecified atom stereocenters. The van der Waals surface area contributed by atoms with Crippen molar-refractivity contribution in [1.29, 1.82) is 0 Å². The van der Waals surface area contributed by atoms with Crippen molar-refractivity contribution in [2.75, 3.05) is 13.6 Å². The molecule has 154 valence electrons. The third-order valence-corrected chi connectivity index (χ3v) is 3.69. The Balaban J connectivity index is 0.000000401. The highest BCUT2D eigenvalue weighted by Crippen LogP contribution is 2.40. The highest BCUT2D eigenvalue weighted by atomic mass is 35.5. The summed E-state index contributed by atoms with van der Waals surface area (Å²) in [5.41, 5.74) is 1.96. The van der Waals surface area contributed by atoms with Crippen LogP contribution in [-0.2, 0) is 4.79 Å². The van der Waals surface area contributed by atoms with Gasteiger partial charge in [-0.15, -0.1) is 12.4 Å². The minimum Gasteiger partial charge on any atom is -0.508 e. The molecular weight excluding hydrogens is 389 g/mol. The molecule has 2 aromatic carbocycles. The number of phenolic OH excluding ortho intramolecular Hbond substituents is 1. The molecule has 4 N–H and O–H groups in total. The molecule has 0 saturated heterocycles. The Kier molecular flexibility index (Phi) is 11.5. The van der Waals surface area contributed by atoms with Crippen molar-refractivity contribution in [2.45, 2.75) is 25.7 Å². The quantitative estimate of drug-likeness (QED) is 0.607. The Bertz CT molecular complexity index is 764. The molecule has 0 spiro atoms. The van der Waals surface area contributed by atoms with Crippen LogP contribution in [0.25, 0.3) is 0 Å². The van der Waals surface area contributed by atoms with E-state index in [1.54, 1.807) is 26.1 Å². The minimum absolute atomic E-state index is 0. The fourth-order valence-electron chi connectivity index (χ4n) is 2.18. The number of aromatic carboxylic acids is 1. The van der Waals surface area contributed by atoms with E-state index in [0.717, 1.165) is 12.0 Å². The van der Waals surface area contributed by atoms with Crippen molar-refractivity contribution >= 4 is 24.3 Å². The number of phenols is 1. The van der Waals surface area contributed by atoms with Crippen molar-refractivity contribution < 1.29 is 29.3 Å². The van der Waals surface area contributed by atoms with E-state index < -0.39 is 17.8 Å². The van der Waals surface area contributed by atoms with Gasteiger partial charge in [-0.05, 0) is 74.2 Å². The van der Waals surface area contributed by atoms with Gasteiger partial charge < -0.3 is 20.6 Å². The van der Waals surface area contributed by atoms with Crippen LogP contribution in [0.15, 0.2) is 42.5 Å². The Morgan fingerprint density at radius 1 is 1.11 bits per heavy atom. The molecule has 0 atom stereocenters. The van der Waals surface area contributed by atoms with Gasteiger partial charge in [0.1, 0.15) is 11.6 Å². The Morgan fingerprint density at radius 2 is 1.68 bits per heavy atom. The number of carboxylic acids is 2. The van der Waals surface area contributed by atoms with Crippen molar-refractivity contribution in [3.63, 3.8) is 0 Å². The summed E-state index contributed by atoms with van der Waals surface area (Å²) in [6.45, 7) is 1.60. The lowest BCUT2D eigenvalue weighted by atomic mass is 10.1. The SMILES string of the molecule is CNCC(=O)O.Cc1cc(F)ccc1C(=O)O.Cl.Oc1ccc(C2CC2)cc1. The third kappa shape index (κ3) is 9.89. The molecule has 2 aromatic rings. The number of carboxylic acid groups (broad SMARTS) is 2. The highest BCUT2D eigenvalue weighted by Gasteiger charge is 2.22. The van der Waals surface area contributed by atoms with Crippen LogP contribution in [-0.4, -0.2) is 40.9 Å². The van der Waals surface area contributed by atoms with Crippen LogP contribution < -0.4 is 5.32 Å². The van der Waals surface area contributed by atoms with E-state index in [0.29, 0.717) is 11.3 Å². The lowest BCUT2D eigenvalue weighted by molar-refractivity contribution is -0.135. The molecule has 1 fully saturated rings. The lowest BCUT2D eigenvalue weighted by Gasteiger charge is -1.98. The average molecular weight is 414 g/mol. The first-order chi connectivity index (χ1) is 12.7. The first-order valence-corrected chi connectivity index (χ1v) is 8.39. The number of hydrogen-bond acceptors (Lipinski definition) is 4. The maximum Gasteiger partial charge on any atom is 0.335 e. The van der Waals surface area contributed by atoms with E-state index in [4.69, 9.17) is 15.3 Å². The van der Waals surface area contributed by atoms with Crippen LogP contribution in [0.1, 0.15) is 40.2 Å². The Labute approximate surface area is 169 Å². The van der Waals surface area contributed by atoms with Gasteiger partial charge in [0.05, 0.1) is 12.1 Å². The predicted molar refractivity (Wildman–Crippen MR) is 107 cm³/mol. The van der Waals surface area contributed by atoms with Gasteiger partial charge in [-0.1, -0.05) is 12.1 Å². The first-order valence-electron chi connectivity index (χ1n) is 8.39. The molecule has 0 heterocycles. The van der Waals surface area contributed by atoms with Gasteiger partial charge >= 0.3 is 11.9 Å². The molecule has 0 radical (unpaired) electrons. The average Bonchev–Trinajstić information content (AvgIpc) is 3.41. The van der Waals surface area contributed by atoms with Gasteiger partial charge in [0.15, 0.2) is 0 Å². The standard InChI is InChI=1S/C9H10O.C8H7FO2.C3H7NO2.ClH/c10-9-5-3-8(4-6-9)7-1-2-7;1-5-4-6(9)2-3-7(5)8(10)11;1-4-2-3(5)6;/h3-7,10H,1-2H2;2-4H,1H3,(H,10,11);4H,2H2,1H3,(H,5,6);1H. The number of aryl methyl sites for hydroxylation is 1. The molecule has 0 aromatic heterocycles.